The molecule has 1 N–H and O–H groups in total. The highest BCUT2D eigenvalue weighted by molar-refractivity contribution is 7.13. The maximum atomic E-state index is 12.6. The maximum absolute atomic E-state index is 12.6. The highest BCUT2D eigenvalue weighted by Crippen LogP contribution is 2.40. The van der Waals surface area contributed by atoms with Crippen LogP contribution in [0.1, 0.15) is 96.0 Å². The number of ether oxygens (including phenoxy) is 1. The van der Waals surface area contributed by atoms with E-state index in [1.54, 1.807) is 0 Å². The second kappa shape index (κ2) is 11.6. The molecule has 0 amide bonds. The lowest BCUT2D eigenvalue weighted by molar-refractivity contribution is -0.119. The fourth-order valence-corrected chi connectivity index (χ4v) is 5.59. The van der Waals surface area contributed by atoms with Crippen molar-refractivity contribution in [1.82, 2.24) is 0 Å². The van der Waals surface area contributed by atoms with E-state index in [0.29, 0.717) is 23.0 Å². The smallest absolute Gasteiger partial charge is 0.348 e. The molecule has 0 radical (unpaired) electrons. The summed E-state index contributed by atoms with van der Waals surface area (Å²) in [6, 6.07) is 11.9. The summed E-state index contributed by atoms with van der Waals surface area (Å²) in [7, 11) is 1.40. The van der Waals surface area contributed by atoms with Gasteiger partial charge < -0.3 is 9.84 Å². The molecule has 0 bridgehead atoms. The normalized spacial score (nSPS) is 19.5. The van der Waals surface area contributed by atoms with Crippen molar-refractivity contribution in [2.75, 3.05) is 7.11 Å². The number of unbranched alkanes of at least 4 members (excludes halogenated alkanes) is 2. The van der Waals surface area contributed by atoms with Crippen LogP contribution in [-0.2, 0) is 16.0 Å². The van der Waals surface area contributed by atoms with Crippen molar-refractivity contribution in [2.45, 2.75) is 76.7 Å². The number of carbonyl (C=O) groups is 2. The standard InChI is InChI=1S/C26H34O4S/c1-3-4-5-9-22(27)18-10-12-20(13-11-18)25-19(14-16-23(25)28)7-6-8-21-15-17-24(31-21)26(29)30-2/h10-13,15,17,19,22,25,27H,3-9,14,16H2,1-2H3. The van der Waals surface area contributed by atoms with E-state index in [1.807, 2.05) is 36.4 Å². The summed E-state index contributed by atoms with van der Waals surface area (Å²) in [5.74, 6) is 0.398. The van der Waals surface area contributed by atoms with Gasteiger partial charge in [0.1, 0.15) is 10.7 Å². The molecule has 3 unspecified atom stereocenters. The first-order chi connectivity index (χ1) is 15.0. The average molecular weight is 443 g/mol. The van der Waals surface area contributed by atoms with Crippen LogP contribution in [0.25, 0.3) is 0 Å². The maximum Gasteiger partial charge on any atom is 0.348 e. The van der Waals surface area contributed by atoms with Gasteiger partial charge in [-0.15, -0.1) is 11.3 Å². The monoisotopic (exact) mass is 442 g/mol. The largest absolute Gasteiger partial charge is 0.465 e. The average Bonchev–Trinajstić information content (AvgIpc) is 3.40. The molecule has 1 aliphatic rings. The van der Waals surface area contributed by atoms with E-state index in [0.717, 1.165) is 62.5 Å². The van der Waals surface area contributed by atoms with E-state index in [9.17, 15) is 14.7 Å². The van der Waals surface area contributed by atoms with Gasteiger partial charge in [0, 0.05) is 17.2 Å². The van der Waals surface area contributed by atoms with Crippen LogP contribution >= 0.6 is 11.3 Å². The van der Waals surface area contributed by atoms with Crippen LogP contribution in [0.4, 0.5) is 0 Å². The Bertz CT molecular complexity index is 855. The Labute approximate surface area is 189 Å². The van der Waals surface area contributed by atoms with Gasteiger partial charge in [0.2, 0.25) is 0 Å². The lowest BCUT2D eigenvalue weighted by Gasteiger charge is -2.20. The lowest BCUT2D eigenvalue weighted by atomic mass is 9.84. The van der Waals surface area contributed by atoms with E-state index in [4.69, 9.17) is 4.74 Å². The summed E-state index contributed by atoms with van der Waals surface area (Å²) in [6.07, 6.45) is 8.22. The molecule has 31 heavy (non-hydrogen) atoms. The van der Waals surface area contributed by atoms with Crippen LogP contribution in [-0.4, -0.2) is 24.0 Å². The van der Waals surface area contributed by atoms with E-state index in [2.05, 4.69) is 6.92 Å². The fourth-order valence-electron chi connectivity index (χ4n) is 4.62. The van der Waals surface area contributed by atoms with Gasteiger partial charge in [-0.2, -0.15) is 0 Å². The third-order valence-electron chi connectivity index (χ3n) is 6.39. The zero-order valence-corrected chi connectivity index (χ0v) is 19.5. The van der Waals surface area contributed by atoms with Crippen molar-refractivity contribution < 1.29 is 19.4 Å². The molecule has 1 aromatic heterocycles. The Balaban J connectivity index is 1.55. The molecule has 1 saturated carbocycles. The fraction of sp³-hybridized carbons (Fsp3) is 0.538. The first-order valence-electron chi connectivity index (χ1n) is 11.5. The van der Waals surface area contributed by atoms with E-state index >= 15 is 0 Å². The Morgan fingerprint density at radius 3 is 2.65 bits per heavy atom. The number of thiophene rings is 1. The number of esters is 1. The minimum atomic E-state index is -0.420. The molecule has 0 saturated heterocycles. The molecule has 0 aliphatic heterocycles. The van der Waals surface area contributed by atoms with Crippen LogP contribution < -0.4 is 0 Å². The molecular weight excluding hydrogens is 408 g/mol. The van der Waals surface area contributed by atoms with Gasteiger partial charge >= 0.3 is 5.97 Å². The number of methoxy groups -OCH3 is 1. The summed E-state index contributed by atoms with van der Waals surface area (Å²) >= 11 is 1.49. The summed E-state index contributed by atoms with van der Waals surface area (Å²) < 4.78 is 4.78. The number of hydrogen-bond donors (Lipinski definition) is 1. The molecule has 1 heterocycles. The first kappa shape index (κ1) is 23.7. The van der Waals surface area contributed by atoms with Crippen molar-refractivity contribution in [3.05, 3.63) is 57.3 Å². The Morgan fingerprint density at radius 2 is 1.94 bits per heavy atom. The van der Waals surface area contributed by atoms with Crippen LogP contribution in [0, 0.1) is 5.92 Å². The summed E-state index contributed by atoms with van der Waals surface area (Å²) in [5, 5.41) is 10.4. The minimum Gasteiger partial charge on any atom is -0.465 e. The van der Waals surface area contributed by atoms with Gasteiger partial charge in [-0.05, 0) is 61.3 Å². The molecular formula is C26H34O4S. The van der Waals surface area contributed by atoms with Crippen LogP contribution in [0.2, 0.25) is 0 Å². The summed E-state index contributed by atoms with van der Waals surface area (Å²) in [6.45, 7) is 2.16. The summed E-state index contributed by atoms with van der Waals surface area (Å²) in [4.78, 5) is 26.1. The molecule has 3 rings (SSSR count). The van der Waals surface area contributed by atoms with Crippen molar-refractivity contribution in [3.63, 3.8) is 0 Å². The quantitative estimate of drug-likeness (QED) is 0.331. The molecule has 3 atom stereocenters. The van der Waals surface area contributed by atoms with E-state index in [1.165, 1.54) is 23.3 Å². The van der Waals surface area contributed by atoms with Gasteiger partial charge in [-0.1, -0.05) is 50.5 Å². The predicted molar refractivity (Wildman–Crippen MR) is 125 cm³/mol. The number of aliphatic hydroxyl groups is 1. The molecule has 1 fully saturated rings. The Morgan fingerprint density at radius 1 is 1.16 bits per heavy atom. The van der Waals surface area contributed by atoms with Gasteiger partial charge in [0.15, 0.2) is 0 Å². The zero-order chi connectivity index (χ0) is 22.2. The number of ketones is 1. The minimum absolute atomic E-state index is 0.0275. The third kappa shape index (κ3) is 6.27. The second-order valence-corrected chi connectivity index (χ2v) is 9.74. The third-order valence-corrected chi connectivity index (χ3v) is 7.51. The van der Waals surface area contributed by atoms with Crippen molar-refractivity contribution >= 4 is 23.1 Å². The zero-order valence-electron chi connectivity index (χ0n) is 18.6. The van der Waals surface area contributed by atoms with Gasteiger partial charge in [0.05, 0.1) is 13.2 Å². The highest BCUT2D eigenvalue weighted by Gasteiger charge is 2.35. The molecule has 4 nitrogen and oxygen atoms in total. The van der Waals surface area contributed by atoms with Gasteiger partial charge in [-0.3, -0.25) is 4.79 Å². The number of aliphatic hydroxyl groups excluding tert-OH is 1. The van der Waals surface area contributed by atoms with Gasteiger partial charge in [0.25, 0.3) is 0 Å². The lowest BCUT2D eigenvalue weighted by Crippen LogP contribution is -2.13. The number of benzene rings is 1. The van der Waals surface area contributed by atoms with Crippen LogP contribution in [0.15, 0.2) is 36.4 Å². The number of aryl methyl sites for hydroxylation is 1. The first-order valence-corrected chi connectivity index (χ1v) is 12.3. The van der Waals surface area contributed by atoms with Crippen LogP contribution in [0.5, 0.6) is 0 Å². The van der Waals surface area contributed by atoms with Crippen molar-refractivity contribution in [2.24, 2.45) is 5.92 Å². The van der Waals surface area contributed by atoms with Crippen molar-refractivity contribution in [3.8, 4) is 0 Å². The Kier molecular flexibility index (Phi) is 8.85. The SMILES string of the molecule is CCCCCC(O)c1ccc(C2C(=O)CCC2CCCc2ccc(C(=O)OC)s2)cc1. The topological polar surface area (TPSA) is 63.6 Å². The number of Topliss-reactive ketones (excluding diaryl/α,β-unsaturated/α-hetero) is 1. The molecule has 1 aromatic carbocycles. The Hall–Kier alpha value is -1.98. The molecule has 0 spiro atoms. The molecule has 1 aliphatic carbocycles. The van der Waals surface area contributed by atoms with Crippen LogP contribution in [0.3, 0.4) is 0 Å². The highest BCUT2D eigenvalue weighted by atomic mass is 32.1. The van der Waals surface area contributed by atoms with Crippen molar-refractivity contribution in [1.29, 1.82) is 0 Å². The molecule has 168 valence electrons. The second-order valence-electron chi connectivity index (χ2n) is 8.57. The molecule has 5 heteroatoms. The predicted octanol–water partition coefficient (Wildman–Crippen LogP) is 6.23. The summed E-state index contributed by atoms with van der Waals surface area (Å²) in [5.41, 5.74) is 2.03. The number of rotatable bonds is 11. The molecule has 2 aromatic rings. The van der Waals surface area contributed by atoms with Gasteiger partial charge in [-0.25, -0.2) is 4.79 Å². The number of carbonyl (C=O) groups excluding carboxylic acids is 2. The van der Waals surface area contributed by atoms with E-state index < -0.39 is 6.10 Å². The van der Waals surface area contributed by atoms with E-state index in [-0.39, 0.29) is 11.9 Å². The number of hydrogen-bond acceptors (Lipinski definition) is 5.